The van der Waals surface area contributed by atoms with E-state index in [9.17, 15) is 0 Å². The van der Waals surface area contributed by atoms with E-state index in [0.29, 0.717) is 6.61 Å². The molecule has 0 unspecified atom stereocenters. The quantitative estimate of drug-likeness (QED) is 0.711. The normalized spacial score (nSPS) is 10.2. The zero-order valence-electron chi connectivity index (χ0n) is 12.1. The summed E-state index contributed by atoms with van der Waals surface area (Å²) in [6.07, 6.45) is 3.51. The van der Waals surface area contributed by atoms with Crippen LogP contribution in [0.1, 0.15) is 25.3 Å². The van der Waals surface area contributed by atoms with E-state index in [2.05, 4.69) is 41.7 Å². The first-order chi connectivity index (χ1) is 9.90. The summed E-state index contributed by atoms with van der Waals surface area (Å²) in [5.41, 5.74) is 2.51. The molecule has 2 aromatic rings. The summed E-state index contributed by atoms with van der Waals surface area (Å²) < 4.78 is 5.60. The van der Waals surface area contributed by atoms with Crippen molar-refractivity contribution in [3.8, 4) is 5.75 Å². The van der Waals surface area contributed by atoms with Crippen molar-refractivity contribution in [1.29, 1.82) is 0 Å². The van der Waals surface area contributed by atoms with Crippen LogP contribution < -0.4 is 10.1 Å². The topological polar surface area (TPSA) is 21.3 Å². The lowest BCUT2D eigenvalue weighted by molar-refractivity contribution is 0.341. The molecular formula is C18H23NO. The second-order valence-corrected chi connectivity index (χ2v) is 4.80. The molecule has 0 atom stereocenters. The summed E-state index contributed by atoms with van der Waals surface area (Å²) in [5, 5.41) is 3.46. The van der Waals surface area contributed by atoms with Crippen LogP contribution in [-0.4, -0.2) is 13.2 Å². The Labute approximate surface area is 121 Å². The van der Waals surface area contributed by atoms with Crippen LogP contribution in [0.2, 0.25) is 0 Å². The molecule has 0 spiro atoms. The number of ether oxygens (including phenoxy) is 1. The van der Waals surface area contributed by atoms with Gasteiger partial charge in [-0.15, -0.1) is 0 Å². The van der Waals surface area contributed by atoms with Crippen molar-refractivity contribution in [1.82, 2.24) is 0 Å². The molecule has 0 amide bonds. The Morgan fingerprint density at radius 1 is 0.900 bits per heavy atom. The van der Waals surface area contributed by atoms with Crippen molar-refractivity contribution in [2.24, 2.45) is 0 Å². The highest BCUT2D eigenvalue weighted by molar-refractivity contribution is 5.56. The van der Waals surface area contributed by atoms with Crippen molar-refractivity contribution in [3.05, 3.63) is 60.2 Å². The van der Waals surface area contributed by atoms with Gasteiger partial charge in [0.1, 0.15) is 5.75 Å². The molecule has 0 heterocycles. The van der Waals surface area contributed by atoms with Crippen LogP contribution in [0, 0.1) is 0 Å². The van der Waals surface area contributed by atoms with Gasteiger partial charge in [-0.1, -0.05) is 42.5 Å². The van der Waals surface area contributed by atoms with Gasteiger partial charge < -0.3 is 10.1 Å². The van der Waals surface area contributed by atoms with E-state index in [4.69, 9.17) is 4.74 Å². The van der Waals surface area contributed by atoms with Gasteiger partial charge in [0.25, 0.3) is 0 Å². The Hall–Kier alpha value is -1.96. The van der Waals surface area contributed by atoms with Gasteiger partial charge >= 0.3 is 0 Å². The fraction of sp³-hybridized carbons (Fsp3) is 0.333. The van der Waals surface area contributed by atoms with E-state index < -0.39 is 0 Å². The Morgan fingerprint density at radius 3 is 2.45 bits per heavy atom. The maximum Gasteiger partial charge on any atom is 0.142 e. The van der Waals surface area contributed by atoms with Crippen LogP contribution in [0.3, 0.4) is 0 Å². The molecule has 2 aromatic carbocycles. The largest absolute Gasteiger partial charge is 0.492 e. The molecule has 0 aliphatic rings. The molecule has 0 fully saturated rings. The summed E-state index contributed by atoms with van der Waals surface area (Å²) in [6, 6.07) is 18.8. The molecule has 0 aliphatic heterocycles. The first-order valence-corrected chi connectivity index (χ1v) is 7.40. The minimum atomic E-state index is 0.701. The number of aryl methyl sites for hydroxylation is 1. The maximum atomic E-state index is 5.60. The van der Waals surface area contributed by atoms with Gasteiger partial charge in [0, 0.05) is 6.54 Å². The number of anilines is 1. The van der Waals surface area contributed by atoms with E-state index in [-0.39, 0.29) is 0 Å². The van der Waals surface area contributed by atoms with Gasteiger partial charge in [-0.05, 0) is 43.9 Å². The van der Waals surface area contributed by atoms with Crippen molar-refractivity contribution in [3.63, 3.8) is 0 Å². The highest BCUT2D eigenvalue weighted by atomic mass is 16.5. The summed E-state index contributed by atoms with van der Waals surface area (Å²) in [7, 11) is 0. The minimum absolute atomic E-state index is 0.701. The minimum Gasteiger partial charge on any atom is -0.492 e. The Kier molecular flexibility index (Phi) is 5.97. The summed E-state index contributed by atoms with van der Waals surface area (Å²) in [6.45, 7) is 3.69. The highest BCUT2D eigenvalue weighted by Gasteiger charge is 2.00. The fourth-order valence-electron chi connectivity index (χ4n) is 2.22. The lowest BCUT2D eigenvalue weighted by Crippen LogP contribution is -2.04. The van der Waals surface area contributed by atoms with E-state index in [1.54, 1.807) is 0 Å². The van der Waals surface area contributed by atoms with Crippen LogP contribution >= 0.6 is 0 Å². The predicted molar refractivity (Wildman–Crippen MR) is 85.5 cm³/mol. The number of hydrogen-bond acceptors (Lipinski definition) is 2. The summed E-state index contributed by atoms with van der Waals surface area (Å²) in [4.78, 5) is 0. The van der Waals surface area contributed by atoms with Crippen molar-refractivity contribution < 1.29 is 4.74 Å². The number of benzene rings is 2. The van der Waals surface area contributed by atoms with E-state index in [0.717, 1.165) is 30.8 Å². The number of para-hydroxylation sites is 2. The molecule has 106 valence electrons. The smallest absolute Gasteiger partial charge is 0.142 e. The molecular weight excluding hydrogens is 246 g/mol. The van der Waals surface area contributed by atoms with Gasteiger partial charge in [0.15, 0.2) is 0 Å². The molecule has 2 nitrogen and oxygen atoms in total. The third-order valence-electron chi connectivity index (χ3n) is 3.24. The Bertz CT molecular complexity index is 496. The van der Waals surface area contributed by atoms with Gasteiger partial charge in [-0.25, -0.2) is 0 Å². The molecule has 0 aromatic heterocycles. The molecule has 2 rings (SSSR count). The van der Waals surface area contributed by atoms with E-state index in [1.165, 1.54) is 12.0 Å². The van der Waals surface area contributed by atoms with Gasteiger partial charge in [-0.2, -0.15) is 0 Å². The molecule has 20 heavy (non-hydrogen) atoms. The molecule has 0 aliphatic carbocycles. The number of rotatable bonds is 8. The Balaban J connectivity index is 1.71. The average Bonchev–Trinajstić information content (AvgIpc) is 2.50. The van der Waals surface area contributed by atoms with Gasteiger partial charge in [-0.3, -0.25) is 0 Å². The van der Waals surface area contributed by atoms with E-state index >= 15 is 0 Å². The molecule has 0 saturated carbocycles. The molecule has 0 bridgehead atoms. The highest BCUT2D eigenvalue weighted by Crippen LogP contribution is 2.23. The number of nitrogens with one attached hydrogen (secondary N) is 1. The molecule has 2 heteroatoms. The zero-order chi connectivity index (χ0) is 14.0. The average molecular weight is 269 g/mol. The van der Waals surface area contributed by atoms with Crippen LogP contribution in [0.4, 0.5) is 5.69 Å². The fourth-order valence-corrected chi connectivity index (χ4v) is 2.22. The first-order valence-electron chi connectivity index (χ1n) is 7.40. The second-order valence-electron chi connectivity index (χ2n) is 4.80. The van der Waals surface area contributed by atoms with Crippen molar-refractivity contribution >= 4 is 5.69 Å². The van der Waals surface area contributed by atoms with Gasteiger partial charge in [0.2, 0.25) is 0 Å². The van der Waals surface area contributed by atoms with Crippen LogP contribution in [0.25, 0.3) is 0 Å². The number of unbranched alkanes of at least 4 members (excludes halogenated alkanes) is 1. The summed E-state index contributed by atoms with van der Waals surface area (Å²) >= 11 is 0. The third kappa shape index (κ3) is 4.61. The first kappa shape index (κ1) is 14.4. The van der Waals surface area contributed by atoms with Crippen LogP contribution in [0.5, 0.6) is 5.75 Å². The lowest BCUT2D eigenvalue weighted by Gasteiger charge is -2.12. The van der Waals surface area contributed by atoms with Crippen LogP contribution in [0.15, 0.2) is 54.6 Å². The molecule has 0 radical (unpaired) electrons. The Morgan fingerprint density at radius 2 is 1.65 bits per heavy atom. The SMILES string of the molecule is CCOc1ccccc1NCCCCc1ccccc1. The molecule has 0 saturated heterocycles. The standard InChI is InChI=1S/C18H23NO/c1-2-20-18-14-7-6-13-17(18)19-15-9-8-12-16-10-4-3-5-11-16/h3-7,10-11,13-14,19H,2,8-9,12,15H2,1H3. The maximum absolute atomic E-state index is 5.60. The zero-order valence-corrected chi connectivity index (χ0v) is 12.1. The number of hydrogen-bond donors (Lipinski definition) is 1. The van der Waals surface area contributed by atoms with Crippen molar-refractivity contribution in [2.45, 2.75) is 26.2 Å². The predicted octanol–water partition coefficient (Wildman–Crippen LogP) is 4.52. The second kappa shape index (κ2) is 8.26. The third-order valence-corrected chi connectivity index (χ3v) is 3.24. The van der Waals surface area contributed by atoms with Crippen molar-refractivity contribution in [2.75, 3.05) is 18.5 Å². The van der Waals surface area contributed by atoms with Gasteiger partial charge in [0.05, 0.1) is 12.3 Å². The lowest BCUT2D eigenvalue weighted by atomic mass is 10.1. The summed E-state index contributed by atoms with van der Waals surface area (Å²) in [5.74, 6) is 0.943. The monoisotopic (exact) mass is 269 g/mol. The van der Waals surface area contributed by atoms with Crippen LogP contribution in [-0.2, 0) is 6.42 Å². The van der Waals surface area contributed by atoms with E-state index in [1.807, 2.05) is 25.1 Å². The molecule has 1 N–H and O–H groups in total.